The second-order valence-electron chi connectivity index (χ2n) is 10.0. The predicted octanol–water partition coefficient (Wildman–Crippen LogP) is 4.90. The smallest absolute Gasteiger partial charge is 0.411 e. The summed E-state index contributed by atoms with van der Waals surface area (Å²) >= 11 is 1.34. The van der Waals surface area contributed by atoms with E-state index < -0.39 is 11.9 Å². The number of rotatable bonds is 5. The van der Waals surface area contributed by atoms with Crippen LogP contribution in [0.3, 0.4) is 0 Å². The van der Waals surface area contributed by atoms with Gasteiger partial charge in [0.25, 0.3) is 0 Å². The van der Waals surface area contributed by atoms with Crippen LogP contribution in [0.5, 0.6) is 0 Å². The van der Waals surface area contributed by atoms with Gasteiger partial charge < -0.3 is 15.0 Å². The summed E-state index contributed by atoms with van der Waals surface area (Å²) in [5, 5.41) is 10.7. The van der Waals surface area contributed by atoms with E-state index in [0.29, 0.717) is 29.4 Å². The van der Waals surface area contributed by atoms with Crippen molar-refractivity contribution in [3.63, 3.8) is 0 Å². The highest BCUT2D eigenvalue weighted by Crippen LogP contribution is 2.44. The van der Waals surface area contributed by atoms with E-state index in [-0.39, 0.29) is 17.7 Å². The average molecular weight is 562 g/mol. The van der Waals surface area contributed by atoms with Crippen molar-refractivity contribution >= 4 is 34.2 Å². The van der Waals surface area contributed by atoms with Crippen LogP contribution in [-0.4, -0.2) is 62.9 Å². The van der Waals surface area contributed by atoms with E-state index >= 15 is 4.39 Å². The first kappa shape index (κ1) is 26.1. The maximum absolute atomic E-state index is 15.7. The largest absolute Gasteiger partial charge is 0.446 e. The summed E-state index contributed by atoms with van der Waals surface area (Å²) in [6.45, 7) is 3.17. The number of aryl methyl sites for hydroxylation is 1. The number of aromatic nitrogens is 4. The van der Waals surface area contributed by atoms with E-state index in [1.54, 1.807) is 29.2 Å². The van der Waals surface area contributed by atoms with Crippen molar-refractivity contribution < 1.29 is 18.7 Å². The third kappa shape index (κ3) is 5.19. The van der Waals surface area contributed by atoms with E-state index in [1.807, 2.05) is 19.2 Å². The Kier molecular flexibility index (Phi) is 7.03. The number of carbonyl (C=O) groups excluding carboxylic acids is 2. The number of anilines is 2. The van der Waals surface area contributed by atoms with Gasteiger partial charge in [-0.1, -0.05) is 11.3 Å². The minimum absolute atomic E-state index is 0.155. The van der Waals surface area contributed by atoms with Gasteiger partial charge in [0.2, 0.25) is 5.91 Å². The van der Waals surface area contributed by atoms with Crippen molar-refractivity contribution in [2.24, 2.45) is 0 Å². The first-order chi connectivity index (χ1) is 19.4. The number of carbonyl (C=O) groups is 2. The van der Waals surface area contributed by atoms with Gasteiger partial charge in [-0.25, -0.2) is 18.9 Å². The van der Waals surface area contributed by atoms with Crippen LogP contribution in [0.2, 0.25) is 0 Å². The molecule has 0 unspecified atom stereocenters. The summed E-state index contributed by atoms with van der Waals surface area (Å²) in [4.78, 5) is 36.0. The highest BCUT2D eigenvalue weighted by atomic mass is 32.1. The molecule has 4 heterocycles. The van der Waals surface area contributed by atoms with Gasteiger partial charge in [-0.2, -0.15) is 5.10 Å². The SMILES string of the molecule is CC(=O)Nc1nc2c(s1)-c1c(c(-c3cccnc3)nn1-c1ccc(NC(=O)OC3CCN(C)CC3)cc1F)CC2. The number of halogens is 1. The number of hydrogen-bond acceptors (Lipinski definition) is 8. The lowest BCUT2D eigenvalue weighted by molar-refractivity contribution is -0.114. The summed E-state index contributed by atoms with van der Waals surface area (Å²) in [6, 6.07) is 8.24. The van der Waals surface area contributed by atoms with Gasteiger partial charge in [0.05, 0.1) is 22.0 Å². The van der Waals surface area contributed by atoms with Gasteiger partial charge in [-0.3, -0.25) is 15.1 Å². The number of benzene rings is 1. The van der Waals surface area contributed by atoms with Gasteiger partial charge in [-0.05, 0) is 63.1 Å². The standard InChI is InChI=1S/C28H28FN7O3S/c1-16(37)31-27-33-22-7-6-20-24(17-4-3-11-30-15-17)34-36(25(20)26(22)40-27)23-8-5-18(14-21(23)29)32-28(38)39-19-9-12-35(2)13-10-19/h3-5,8,11,14-15,19H,6-7,9-10,12-13H2,1-2H3,(H,32,38)(H,31,33,37). The molecule has 0 radical (unpaired) electrons. The molecular formula is C28H28FN7O3S. The van der Waals surface area contributed by atoms with Gasteiger partial charge in [0.1, 0.15) is 11.8 Å². The molecule has 40 heavy (non-hydrogen) atoms. The number of hydrogen-bond donors (Lipinski definition) is 2. The maximum atomic E-state index is 15.7. The van der Waals surface area contributed by atoms with Crippen molar-refractivity contribution in [1.29, 1.82) is 0 Å². The van der Waals surface area contributed by atoms with Crippen LogP contribution < -0.4 is 10.6 Å². The lowest BCUT2D eigenvalue weighted by Gasteiger charge is -2.28. The van der Waals surface area contributed by atoms with E-state index in [0.717, 1.165) is 53.3 Å². The van der Waals surface area contributed by atoms with Gasteiger partial charge >= 0.3 is 6.09 Å². The van der Waals surface area contributed by atoms with Crippen LogP contribution in [0, 0.1) is 5.82 Å². The molecule has 4 aromatic rings. The summed E-state index contributed by atoms with van der Waals surface area (Å²) in [7, 11) is 2.04. The second kappa shape index (κ2) is 10.8. The van der Waals surface area contributed by atoms with Crippen molar-refractivity contribution in [3.05, 3.63) is 59.8 Å². The molecule has 0 atom stereocenters. The number of amides is 2. The Morgan fingerprint density at radius 2 is 1.98 bits per heavy atom. The van der Waals surface area contributed by atoms with E-state index in [1.165, 1.54) is 24.3 Å². The molecule has 2 amide bonds. The molecule has 10 nitrogen and oxygen atoms in total. The van der Waals surface area contributed by atoms with Crippen LogP contribution >= 0.6 is 11.3 Å². The first-order valence-electron chi connectivity index (χ1n) is 13.1. The molecule has 1 aromatic carbocycles. The zero-order valence-electron chi connectivity index (χ0n) is 22.1. The van der Waals surface area contributed by atoms with Crippen LogP contribution in [0.1, 0.15) is 31.0 Å². The topological polar surface area (TPSA) is 114 Å². The second-order valence-corrected chi connectivity index (χ2v) is 11.0. The molecule has 0 spiro atoms. The zero-order chi connectivity index (χ0) is 27.8. The molecule has 1 fully saturated rings. The van der Waals surface area contributed by atoms with Gasteiger partial charge in [0, 0.05) is 49.2 Å². The number of likely N-dealkylation sites (tertiary alicyclic amines) is 1. The number of ether oxygens (including phenoxy) is 1. The van der Waals surface area contributed by atoms with E-state index in [4.69, 9.17) is 9.84 Å². The average Bonchev–Trinajstić information content (AvgIpc) is 3.51. The molecule has 0 bridgehead atoms. The van der Waals surface area contributed by atoms with Crippen molar-refractivity contribution in [1.82, 2.24) is 24.6 Å². The minimum Gasteiger partial charge on any atom is -0.446 e. The summed E-state index contributed by atoms with van der Waals surface area (Å²) in [5.41, 5.74) is 4.57. The lowest BCUT2D eigenvalue weighted by atomic mass is 9.95. The number of thiazole rings is 1. The third-order valence-corrected chi connectivity index (χ3v) is 8.11. The van der Waals surface area contributed by atoms with Crippen molar-refractivity contribution in [2.45, 2.75) is 38.7 Å². The molecule has 0 saturated carbocycles. The number of fused-ring (bicyclic) bond motifs is 3. The molecular weight excluding hydrogens is 533 g/mol. The molecule has 1 aliphatic carbocycles. The molecule has 2 N–H and O–H groups in total. The summed E-state index contributed by atoms with van der Waals surface area (Å²) < 4.78 is 22.8. The molecule has 1 saturated heterocycles. The van der Waals surface area contributed by atoms with Gasteiger partial charge in [-0.15, -0.1) is 0 Å². The maximum Gasteiger partial charge on any atom is 0.411 e. The zero-order valence-corrected chi connectivity index (χ0v) is 22.9. The van der Waals surface area contributed by atoms with E-state index in [2.05, 4.69) is 25.5 Å². The quantitative estimate of drug-likeness (QED) is 0.356. The fourth-order valence-electron chi connectivity index (χ4n) is 5.14. The fraction of sp³-hybridized carbons (Fsp3) is 0.321. The molecule has 3 aromatic heterocycles. The number of nitrogens with one attached hydrogen (secondary N) is 2. The highest BCUT2D eigenvalue weighted by Gasteiger charge is 2.31. The minimum atomic E-state index is -0.600. The number of nitrogens with zero attached hydrogens (tertiary/aromatic N) is 5. The monoisotopic (exact) mass is 561 g/mol. The molecule has 2 aliphatic rings. The van der Waals surface area contributed by atoms with E-state index in [9.17, 15) is 9.59 Å². The fourth-order valence-corrected chi connectivity index (χ4v) is 6.26. The van der Waals surface area contributed by atoms with Crippen molar-refractivity contribution in [2.75, 3.05) is 30.8 Å². The van der Waals surface area contributed by atoms with Crippen LogP contribution in [0.25, 0.3) is 27.5 Å². The summed E-state index contributed by atoms with van der Waals surface area (Å²) in [5.74, 6) is -0.766. The Bertz CT molecular complexity index is 1580. The Morgan fingerprint density at radius 3 is 2.70 bits per heavy atom. The molecule has 12 heteroatoms. The van der Waals surface area contributed by atoms with Crippen LogP contribution in [0.4, 0.5) is 20.0 Å². The molecule has 1 aliphatic heterocycles. The van der Waals surface area contributed by atoms with Gasteiger partial charge in [0.15, 0.2) is 10.9 Å². The number of piperidine rings is 1. The normalized spacial score (nSPS) is 15.3. The Hall–Kier alpha value is -4.16. The van der Waals surface area contributed by atoms with Crippen molar-refractivity contribution in [3.8, 4) is 27.5 Å². The lowest BCUT2D eigenvalue weighted by Crippen LogP contribution is -2.36. The first-order valence-corrected chi connectivity index (χ1v) is 13.9. The third-order valence-electron chi connectivity index (χ3n) is 7.09. The van der Waals surface area contributed by atoms with Crippen LogP contribution in [0.15, 0.2) is 42.7 Å². The predicted molar refractivity (Wildman–Crippen MR) is 150 cm³/mol. The Balaban J connectivity index is 1.34. The molecule has 6 rings (SSSR count). The Labute approximate surface area is 234 Å². The number of pyridine rings is 1. The highest BCUT2D eigenvalue weighted by molar-refractivity contribution is 7.19. The van der Waals surface area contributed by atoms with Crippen LogP contribution in [-0.2, 0) is 22.4 Å². The molecule has 206 valence electrons. The Morgan fingerprint density at radius 1 is 1.15 bits per heavy atom. The summed E-state index contributed by atoms with van der Waals surface area (Å²) in [6.07, 6.45) is 5.53.